The molecule has 0 radical (unpaired) electrons. The van der Waals surface area contributed by atoms with Crippen LogP contribution >= 0.6 is 23.4 Å². The van der Waals surface area contributed by atoms with Gasteiger partial charge in [0.05, 0.1) is 16.5 Å². The van der Waals surface area contributed by atoms with Crippen molar-refractivity contribution in [2.24, 2.45) is 0 Å². The van der Waals surface area contributed by atoms with E-state index >= 15 is 0 Å². The molecule has 0 aliphatic heterocycles. The van der Waals surface area contributed by atoms with E-state index in [0.29, 0.717) is 10.1 Å². The topological polar surface area (TPSA) is 81.8 Å². The summed E-state index contributed by atoms with van der Waals surface area (Å²) in [6.45, 7) is 0. The number of aromatic nitrogens is 3. The Morgan fingerprint density at radius 3 is 2.81 bits per heavy atom. The van der Waals surface area contributed by atoms with Crippen LogP contribution in [0.1, 0.15) is 0 Å². The van der Waals surface area contributed by atoms with Crippen molar-refractivity contribution in [3.8, 4) is 0 Å². The van der Waals surface area contributed by atoms with Crippen LogP contribution in [0.2, 0.25) is 5.15 Å². The molecule has 0 unspecified atom stereocenters. The lowest BCUT2D eigenvalue weighted by atomic mass is 10.2. The maximum Gasteiger partial charge on any atom is 0.275 e. The van der Waals surface area contributed by atoms with Gasteiger partial charge in [-0.2, -0.15) is 0 Å². The fourth-order valence-corrected chi connectivity index (χ4v) is 2.94. The number of hydrogen-bond donors (Lipinski definition) is 0. The lowest BCUT2D eigenvalue weighted by Crippen LogP contribution is -1.92. The highest BCUT2D eigenvalue weighted by atomic mass is 35.5. The zero-order chi connectivity index (χ0) is 14.8. The molecule has 2 aromatic heterocycles. The molecule has 0 N–H and O–H groups in total. The fourth-order valence-electron chi connectivity index (χ4n) is 1.78. The second-order valence-electron chi connectivity index (χ2n) is 4.04. The summed E-state index contributed by atoms with van der Waals surface area (Å²) >= 11 is 7.03. The van der Waals surface area contributed by atoms with Gasteiger partial charge in [0.15, 0.2) is 0 Å². The van der Waals surface area contributed by atoms with Gasteiger partial charge < -0.3 is 0 Å². The van der Waals surface area contributed by atoms with E-state index in [-0.39, 0.29) is 10.8 Å². The molecule has 0 spiro atoms. The van der Waals surface area contributed by atoms with Gasteiger partial charge in [-0.25, -0.2) is 15.0 Å². The van der Waals surface area contributed by atoms with Crippen molar-refractivity contribution in [2.75, 3.05) is 0 Å². The Morgan fingerprint density at radius 1 is 1.19 bits per heavy atom. The predicted molar refractivity (Wildman–Crippen MR) is 79.6 cm³/mol. The minimum atomic E-state index is -0.504. The average Bonchev–Trinajstić information content (AvgIpc) is 2.47. The first-order valence-electron chi connectivity index (χ1n) is 5.83. The van der Waals surface area contributed by atoms with Crippen molar-refractivity contribution in [3.05, 3.63) is 58.0 Å². The van der Waals surface area contributed by atoms with Crippen LogP contribution in [0.3, 0.4) is 0 Å². The van der Waals surface area contributed by atoms with Crippen molar-refractivity contribution in [2.45, 2.75) is 10.1 Å². The van der Waals surface area contributed by atoms with Crippen molar-refractivity contribution >= 4 is 40.0 Å². The smallest absolute Gasteiger partial charge is 0.258 e. The summed E-state index contributed by atoms with van der Waals surface area (Å²) < 4.78 is 0. The number of benzene rings is 1. The number of hydrogen-bond acceptors (Lipinski definition) is 6. The van der Waals surface area contributed by atoms with Gasteiger partial charge in [0.2, 0.25) is 0 Å². The number of pyridine rings is 1. The lowest BCUT2D eigenvalue weighted by Gasteiger charge is -2.04. The molecular weight excluding hydrogens is 312 g/mol. The third-order valence-electron chi connectivity index (χ3n) is 2.67. The minimum absolute atomic E-state index is 0.0741. The molecule has 0 aliphatic carbocycles. The Bertz CT molecular complexity index is 838. The van der Waals surface area contributed by atoms with E-state index in [9.17, 15) is 10.1 Å². The van der Waals surface area contributed by atoms with Crippen molar-refractivity contribution in [3.63, 3.8) is 0 Å². The Morgan fingerprint density at radius 2 is 2.00 bits per heavy atom. The average molecular weight is 319 g/mol. The zero-order valence-corrected chi connectivity index (χ0v) is 12.0. The summed E-state index contributed by atoms with van der Waals surface area (Å²) in [4.78, 5) is 22.8. The SMILES string of the molecule is O=[N+]([O-])c1cc(Cl)nc(Sc2ncnc3ccccc23)c1. The number of nitro groups is 1. The van der Waals surface area contributed by atoms with Gasteiger partial charge in [0.1, 0.15) is 21.5 Å². The Balaban J connectivity index is 2.05. The van der Waals surface area contributed by atoms with Crippen LogP contribution in [0.15, 0.2) is 52.8 Å². The van der Waals surface area contributed by atoms with Crippen LogP contribution in [-0.4, -0.2) is 19.9 Å². The molecule has 21 heavy (non-hydrogen) atoms. The molecule has 1 aromatic carbocycles. The van der Waals surface area contributed by atoms with Gasteiger partial charge in [0.25, 0.3) is 5.69 Å². The molecule has 3 rings (SSSR count). The summed E-state index contributed by atoms with van der Waals surface area (Å²) in [7, 11) is 0. The molecule has 0 amide bonds. The van der Waals surface area contributed by atoms with E-state index in [0.717, 1.165) is 10.9 Å². The van der Waals surface area contributed by atoms with Gasteiger partial charge in [-0.1, -0.05) is 29.8 Å². The highest BCUT2D eigenvalue weighted by Gasteiger charge is 2.13. The van der Waals surface area contributed by atoms with E-state index in [1.54, 1.807) is 0 Å². The van der Waals surface area contributed by atoms with Crippen molar-refractivity contribution in [1.82, 2.24) is 15.0 Å². The first kappa shape index (κ1) is 13.7. The number of halogens is 1. The third-order valence-corrected chi connectivity index (χ3v) is 3.80. The molecule has 104 valence electrons. The van der Waals surface area contributed by atoms with Crippen molar-refractivity contribution in [1.29, 1.82) is 0 Å². The van der Waals surface area contributed by atoms with Crippen LogP contribution in [-0.2, 0) is 0 Å². The molecule has 0 saturated heterocycles. The molecule has 6 nitrogen and oxygen atoms in total. The third kappa shape index (κ3) is 2.93. The number of para-hydroxylation sites is 1. The van der Waals surface area contributed by atoms with Crippen LogP contribution in [0, 0.1) is 10.1 Å². The Hall–Kier alpha value is -2.25. The summed E-state index contributed by atoms with van der Waals surface area (Å²) in [6.07, 6.45) is 1.45. The molecular formula is C13H7ClN4O2S. The zero-order valence-electron chi connectivity index (χ0n) is 10.4. The highest BCUT2D eigenvalue weighted by molar-refractivity contribution is 7.99. The minimum Gasteiger partial charge on any atom is -0.258 e. The van der Waals surface area contributed by atoms with Gasteiger partial charge in [-0.05, 0) is 17.8 Å². The fraction of sp³-hybridized carbons (Fsp3) is 0. The molecule has 8 heteroatoms. The monoisotopic (exact) mass is 318 g/mol. The normalized spacial score (nSPS) is 10.7. The predicted octanol–water partition coefficient (Wildman–Crippen LogP) is 3.74. The molecule has 0 saturated carbocycles. The maximum absolute atomic E-state index is 10.9. The standard InChI is InChI=1S/C13H7ClN4O2S/c14-11-5-8(18(19)20)6-12(17-11)21-13-9-3-1-2-4-10(9)15-7-16-13/h1-7H. The summed E-state index contributed by atoms with van der Waals surface area (Å²) in [5.74, 6) is 0. The molecule has 0 bridgehead atoms. The Labute approximate surface area is 128 Å². The van der Waals surface area contributed by atoms with Crippen LogP contribution in [0.5, 0.6) is 0 Å². The van der Waals surface area contributed by atoms with Crippen LogP contribution in [0.25, 0.3) is 10.9 Å². The molecule has 0 atom stereocenters. The van der Waals surface area contributed by atoms with E-state index < -0.39 is 4.92 Å². The molecule has 0 aliphatic rings. The summed E-state index contributed by atoms with van der Waals surface area (Å²) in [6, 6.07) is 10.1. The summed E-state index contributed by atoms with van der Waals surface area (Å²) in [5.41, 5.74) is 0.697. The van der Waals surface area contributed by atoms with E-state index in [4.69, 9.17) is 11.6 Å². The quantitative estimate of drug-likeness (QED) is 0.317. The van der Waals surface area contributed by atoms with Gasteiger partial charge >= 0.3 is 0 Å². The van der Waals surface area contributed by atoms with E-state index in [1.807, 2.05) is 24.3 Å². The highest BCUT2D eigenvalue weighted by Crippen LogP contribution is 2.32. The van der Waals surface area contributed by atoms with E-state index in [2.05, 4.69) is 15.0 Å². The first-order chi connectivity index (χ1) is 10.1. The largest absolute Gasteiger partial charge is 0.275 e. The van der Waals surface area contributed by atoms with Crippen molar-refractivity contribution < 1.29 is 4.92 Å². The Kier molecular flexibility index (Phi) is 3.68. The lowest BCUT2D eigenvalue weighted by molar-refractivity contribution is -0.385. The number of fused-ring (bicyclic) bond motifs is 1. The number of rotatable bonds is 3. The van der Waals surface area contributed by atoms with E-state index in [1.165, 1.54) is 30.2 Å². The molecule has 2 heterocycles. The van der Waals surface area contributed by atoms with Crippen LogP contribution in [0.4, 0.5) is 5.69 Å². The maximum atomic E-state index is 10.9. The van der Waals surface area contributed by atoms with Gasteiger partial charge in [-0.15, -0.1) is 0 Å². The van der Waals surface area contributed by atoms with Gasteiger partial charge in [-0.3, -0.25) is 10.1 Å². The number of nitrogens with zero attached hydrogens (tertiary/aromatic N) is 4. The van der Waals surface area contributed by atoms with Gasteiger partial charge in [0, 0.05) is 11.5 Å². The second-order valence-corrected chi connectivity index (χ2v) is 5.44. The molecule has 3 aromatic rings. The summed E-state index contributed by atoms with van der Waals surface area (Å²) in [5, 5.41) is 12.9. The first-order valence-corrected chi connectivity index (χ1v) is 7.02. The molecule has 0 fully saturated rings. The van der Waals surface area contributed by atoms with Crippen LogP contribution < -0.4 is 0 Å². The second kappa shape index (κ2) is 5.63.